The van der Waals surface area contributed by atoms with Gasteiger partial charge in [-0.25, -0.2) is 4.39 Å². The van der Waals surface area contributed by atoms with Crippen molar-refractivity contribution in [3.63, 3.8) is 0 Å². The third-order valence-corrected chi connectivity index (χ3v) is 6.69. The number of aromatic nitrogens is 3. The SMILES string of the molecule is Cc1c(C(=O)N[C@]2(C)CCOC3(CCN(c4ccncc4F)CC3)[C@H]2O)cnn1C. The van der Waals surface area contributed by atoms with Crippen molar-refractivity contribution in [1.29, 1.82) is 0 Å². The van der Waals surface area contributed by atoms with E-state index in [9.17, 15) is 14.3 Å². The molecule has 8 nitrogen and oxygen atoms in total. The Hall–Kier alpha value is -2.52. The van der Waals surface area contributed by atoms with Gasteiger partial charge in [0.05, 0.1) is 34.8 Å². The minimum atomic E-state index is -0.885. The van der Waals surface area contributed by atoms with Gasteiger partial charge >= 0.3 is 0 Å². The number of aliphatic hydroxyl groups excluding tert-OH is 1. The minimum absolute atomic E-state index is 0.254. The number of pyridine rings is 1. The highest BCUT2D eigenvalue weighted by molar-refractivity contribution is 5.95. The van der Waals surface area contributed by atoms with Crippen LogP contribution in [0.3, 0.4) is 0 Å². The maximum Gasteiger partial charge on any atom is 0.255 e. The van der Waals surface area contributed by atoms with Gasteiger partial charge in [0.2, 0.25) is 0 Å². The summed E-state index contributed by atoms with van der Waals surface area (Å²) in [5, 5.41) is 18.5. The first-order valence-electron chi connectivity index (χ1n) is 10.2. The number of ether oxygens (including phenoxy) is 1. The van der Waals surface area contributed by atoms with Gasteiger partial charge in [-0.05, 0) is 39.2 Å². The molecular weight excluding hydrogens is 389 g/mol. The molecule has 9 heteroatoms. The Morgan fingerprint density at radius 1 is 1.33 bits per heavy atom. The molecule has 2 aliphatic rings. The summed E-state index contributed by atoms with van der Waals surface area (Å²) in [6, 6.07) is 1.66. The van der Waals surface area contributed by atoms with Crippen LogP contribution in [0.5, 0.6) is 0 Å². The van der Waals surface area contributed by atoms with Gasteiger partial charge in [0.15, 0.2) is 5.82 Å². The molecule has 0 saturated carbocycles. The number of hydrogen-bond donors (Lipinski definition) is 2. The zero-order valence-corrected chi connectivity index (χ0v) is 17.6. The fourth-order valence-electron chi connectivity index (χ4n) is 4.61. The molecule has 162 valence electrons. The van der Waals surface area contributed by atoms with Gasteiger partial charge in [-0.3, -0.25) is 14.5 Å². The molecule has 2 saturated heterocycles. The van der Waals surface area contributed by atoms with E-state index < -0.39 is 17.2 Å². The molecule has 0 bridgehead atoms. The van der Waals surface area contributed by atoms with Crippen LogP contribution in [-0.2, 0) is 11.8 Å². The van der Waals surface area contributed by atoms with Crippen molar-refractivity contribution in [3.05, 3.63) is 41.7 Å². The predicted molar refractivity (Wildman–Crippen MR) is 109 cm³/mol. The average molecular weight is 417 g/mol. The van der Waals surface area contributed by atoms with E-state index >= 15 is 0 Å². The number of hydrogen-bond acceptors (Lipinski definition) is 6. The van der Waals surface area contributed by atoms with Crippen LogP contribution in [0.2, 0.25) is 0 Å². The van der Waals surface area contributed by atoms with Crippen LogP contribution >= 0.6 is 0 Å². The van der Waals surface area contributed by atoms with Gasteiger partial charge in [0.25, 0.3) is 5.91 Å². The van der Waals surface area contributed by atoms with E-state index in [0.717, 1.165) is 5.69 Å². The molecule has 2 aromatic rings. The van der Waals surface area contributed by atoms with Gasteiger partial charge in [-0.1, -0.05) is 0 Å². The lowest BCUT2D eigenvalue weighted by molar-refractivity contribution is -0.195. The number of piperidine rings is 1. The summed E-state index contributed by atoms with van der Waals surface area (Å²) >= 11 is 0. The van der Waals surface area contributed by atoms with Crippen molar-refractivity contribution in [2.24, 2.45) is 7.05 Å². The summed E-state index contributed by atoms with van der Waals surface area (Å²) < 4.78 is 21.8. The Balaban J connectivity index is 1.49. The molecule has 1 amide bonds. The summed E-state index contributed by atoms with van der Waals surface area (Å²) in [5.74, 6) is -0.613. The molecule has 2 aromatic heterocycles. The number of nitrogens with one attached hydrogen (secondary N) is 1. The second-order valence-electron chi connectivity index (χ2n) is 8.52. The molecule has 30 heavy (non-hydrogen) atoms. The molecule has 0 aromatic carbocycles. The standard InChI is InChI=1S/C21H28FN5O3/c1-14-15(12-24-26(14)3)18(28)25-20(2)7-11-30-21(19(20)29)5-9-27(10-6-21)17-4-8-23-13-16(17)22/h4,8,12-13,19,29H,5-7,9-11H2,1-3H3,(H,25,28)/t19-,20+/m0/s1. The summed E-state index contributed by atoms with van der Waals surface area (Å²) in [5.41, 5.74) is 0.161. The smallest absolute Gasteiger partial charge is 0.255 e. The first-order valence-corrected chi connectivity index (χ1v) is 10.2. The van der Waals surface area contributed by atoms with Gasteiger partial charge in [-0.2, -0.15) is 5.10 Å². The Morgan fingerprint density at radius 2 is 2.07 bits per heavy atom. The largest absolute Gasteiger partial charge is 0.388 e. The summed E-state index contributed by atoms with van der Waals surface area (Å²) in [7, 11) is 1.78. The van der Waals surface area contributed by atoms with E-state index in [-0.39, 0.29) is 11.7 Å². The van der Waals surface area contributed by atoms with E-state index in [1.165, 1.54) is 12.4 Å². The quantitative estimate of drug-likeness (QED) is 0.788. The Morgan fingerprint density at radius 3 is 2.70 bits per heavy atom. The number of anilines is 1. The second kappa shape index (κ2) is 7.63. The Kier molecular flexibility index (Phi) is 5.27. The van der Waals surface area contributed by atoms with Crippen molar-refractivity contribution in [3.8, 4) is 0 Å². The van der Waals surface area contributed by atoms with E-state index in [2.05, 4.69) is 15.4 Å². The van der Waals surface area contributed by atoms with Crippen LogP contribution in [0.25, 0.3) is 0 Å². The molecule has 2 atom stereocenters. The lowest BCUT2D eigenvalue weighted by atomic mass is 9.73. The number of aryl methyl sites for hydroxylation is 1. The van der Waals surface area contributed by atoms with Crippen LogP contribution < -0.4 is 10.2 Å². The van der Waals surface area contributed by atoms with Crippen LogP contribution in [0.1, 0.15) is 42.2 Å². The zero-order valence-electron chi connectivity index (χ0n) is 17.6. The first kappa shape index (κ1) is 20.7. The number of nitrogens with zero attached hydrogens (tertiary/aromatic N) is 4. The van der Waals surface area contributed by atoms with Gasteiger partial charge in [0.1, 0.15) is 6.10 Å². The van der Waals surface area contributed by atoms with Crippen LogP contribution in [0.15, 0.2) is 24.7 Å². The average Bonchev–Trinajstić information content (AvgIpc) is 3.06. The molecule has 2 N–H and O–H groups in total. The molecule has 2 aliphatic heterocycles. The molecule has 0 unspecified atom stereocenters. The first-order chi connectivity index (χ1) is 14.3. The van der Waals surface area contributed by atoms with Crippen molar-refractivity contribution in [2.75, 3.05) is 24.6 Å². The topological polar surface area (TPSA) is 92.5 Å². The lowest BCUT2D eigenvalue weighted by Crippen LogP contribution is -2.69. The van der Waals surface area contributed by atoms with E-state index in [1.807, 2.05) is 18.7 Å². The summed E-state index contributed by atoms with van der Waals surface area (Å²) in [4.78, 5) is 18.6. The number of halogens is 1. The maximum absolute atomic E-state index is 14.1. The number of amides is 1. The van der Waals surface area contributed by atoms with Crippen molar-refractivity contribution >= 4 is 11.6 Å². The lowest BCUT2D eigenvalue weighted by Gasteiger charge is -2.53. The molecule has 1 spiro atoms. The van der Waals surface area contributed by atoms with E-state index in [0.29, 0.717) is 50.2 Å². The van der Waals surface area contributed by atoms with Gasteiger partial charge in [-0.15, -0.1) is 0 Å². The normalized spacial score (nSPS) is 26.0. The van der Waals surface area contributed by atoms with Crippen LogP contribution in [0.4, 0.5) is 10.1 Å². The van der Waals surface area contributed by atoms with Crippen molar-refractivity contribution in [1.82, 2.24) is 20.1 Å². The molecule has 4 heterocycles. The highest BCUT2D eigenvalue weighted by Gasteiger charge is 2.54. The number of aliphatic hydroxyl groups is 1. The van der Waals surface area contributed by atoms with Crippen molar-refractivity contribution in [2.45, 2.75) is 50.4 Å². The highest BCUT2D eigenvalue weighted by Crippen LogP contribution is 2.41. The van der Waals surface area contributed by atoms with Crippen molar-refractivity contribution < 1.29 is 19.0 Å². The summed E-state index contributed by atoms with van der Waals surface area (Å²) in [6.07, 6.45) is 5.01. The van der Waals surface area contributed by atoms with E-state index in [1.54, 1.807) is 24.0 Å². The zero-order chi connectivity index (χ0) is 21.5. The third kappa shape index (κ3) is 3.45. The molecular formula is C21H28FN5O3. The molecule has 4 rings (SSSR count). The fraction of sp³-hybridized carbons (Fsp3) is 0.571. The second-order valence-corrected chi connectivity index (χ2v) is 8.52. The monoisotopic (exact) mass is 417 g/mol. The molecule has 0 aliphatic carbocycles. The Bertz CT molecular complexity index is 940. The molecule has 0 radical (unpaired) electrons. The maximum atomic E-state index is 14.1. The predicted octanol–water partition coefficient (Wildman–Crippen LogP) is 1.57. The molecule has 2 fully saturated rings. The number of rotatable bonds is 3. The summed E-state index contributed by atoms with van der Waals surface area (Å²) in [6.45, 7) is 5.22. The number of carbonyl (C=O) groups is 1. The van der Waals surface area contributed by atoms with Crippen LogP contribution in [0, 0.1) is 12.7 Å². The number of carbonyl (C=O) groups excluding carboxylic acids is 1. The van der Waals surface area contributed by atoms with Crippen LogP contribution in [-0.4, -0.2) is 62.7 Å². The highest BCUT2D eigenvalue weighted by atomic mass is 19.1. The van der Waals surface area contributed by atoms with Gasteiger partial charge in [0, 0.05) is 38.6 Å². The third-order valence-electron chi connectivity index (χ3n) is 6.69. The van der Waals surface area contributed by atoms with E-state index in [4.69, 9.17) is 4.74 Å². The Labute approximate surface area is 175 Å². The minimum Gasteiger partial charge on any atom is -0.388 e. The van der Waals surface area contributed by atoms with Gasteiger partial charge < -0.3 is 20.1 Å². The fourth-order valence-corrected chi connectivity index (χ4v) is 4.61.